The molecule has 0 N–H and O–H groups in total. The summed E-state index contributed by atoms with van der Waals surface area (Å²) in [5.74, 6) is 0. The SMILES string of the molecule is [CH2][CH2][Zn][O]C(C(F)(F)F)C(F)(F)F. The van der Waals surface area contributed by atoms with E-state index in [2.05, 4.69) is 10.5 Å². The predicted molar refractivity (Wildman–Crippen MR) is 27.1 cm³/mol. The van der Waals surface area contributed by atoms with Gasteiger partial charge in [-0.05, 0) is 0 Å². The summed E-state index contributed by atoms with van der Waals surface area (Å²) in [7, 11) is 0. The Morgan fingerprint density at radius 1 is 1.08 bits per heavy atom. The van der Waals surface area contributed by atoms with Gasteiger partial charge in [0, 0.05) is 0 Å². The Bertz CT molecular complexity index is 138. The predicted octanol–water partition coefficient (Wildman–Crippen LogP) is 2.75. The normalized spacial score (nSPS) is 13.2. The zero-order valence-electron chi connectivity index (χ0n) is 6.37. The summed E-state index contributed by atoms with van der Waals surface area (Å²) in [6, 6.07) is 0. The summed E-state index contributed by atoms with van der Waals surface area (Å²) >= 11 is -2.24. The van der Waals surface area contributed by atoms with Crippen LogP contribution in [-0.2, 0) is 21.1 Å². The van der Waals surface area contributed by atoms with Crippen molar-refractivity contribution in [2.75, 3.05) is 0 Å². The van der Waals surface area contributed by atoms with E-state index in [1.807, 2.05) is 0 Å². The van der Waals surface area contributed by atoms with Crippen LogP contribution in [0.25, 0.3) is 0 Å². The van der Waals surface area contributed by atoms with Gasteiger partial charge in [0.25, 0.3) is 0 Å². The molecule has 0 spiro atoms. The first-order valence-electron chi connectivity index (χ1n) is 3.24. The number of alkyl halides is 6. The van der Waals surface area contributed by atoms with Crippen LogP contribution in [0.2, 0.25) is 5.02 Å². The van der Waals surface area contributed by atoms with Gasteiger partial charge in [0.15, 0.2) is 0 Å². The molecule has 0 aromatic rings. The Kier molecular flexibility index (Phi) is 4.65. The molecule has 0 aromatic carbocycles. The van der Waals surface area contributed by atoms with E-state index in [0.29, 0.717) is 0 Å². The molecule has 13 heavy (non-hydrogen) atoms. The van der Waals surface area contributed by atoms with Crippen molar-refractivity contribution in [3.05, 3.63) is 6.92 Å². The fourth-order valence-electron chi connectivity index (χ4n) is 0.576. The minimum atomic E-state index is -5.38. The molecule has 0 saturated carbocycles. The second-order valence-corrected chi connectivity index (χ2v) is 5.23. The van der Waals surface area contributed by atoms with E-state index in [4.69, 9.17) is 0 Å². The molecule has 1 nitrogen and oxygen atoms in total. The van der Waals surface area contributed by atoms with E-state index in [1.54, 1.807) is 0 Å². The molecule has 1 radical (unpaired) electrons. The minimum absolute atomic E-state index is 0.0374. The van der Waals surface area contributed by atoms with Gasteiger partial charge in [0.05, 0.1) is 0 Å². The second-order valence-electron chi connectivity index (χ2n) is 2.19. The van der Waals surface area contributed by atoms with Crippen LogP contribution < -0.4 is 0 Å². The first-order chi connectivity index (χ1) is 5.69. The molecule has 0 saturated heterocycles. The van der Waals surface area contributed by atoms with Gasteiger partial charge in [-0.25, -0.2) is 0 Å². The zero-order chi connectivity index (χ0) is 10.7. The molecule has 0 bridgehead atoms. The molecule has 0 atom stereocenters. The first kappa shape index (κ1) is 13.2. The monoisotopic (exact) mass is 259 g/mol. The van der Waals surface area contributed by atoms with Crippen LogP contribution in [0.3, 0.4) is 0 Å². The van der Waals surface area contributed by atoms with Crippen molar-refractivity contribution < 1.29 is 47.4 Å². The molecule has 0 amide bonds. The van der Waals surface area contributed by atoms with Gasteiger partial charge in [0.1, 0.15) is 0 Å². The summed E-state index contributed by atoms with van der Waals surface area (Å²) in [5.41, 5.74) is 0. The third-order valence-electron chi connectivity index (χ3n) is 1.02. The fourth-order valence-corrected chi connectivity index (χ4v) is 2.21. The Morgan fingerprint density at radius 3 is 1.69 bits per heavy atom. The van der Waals surface area contributed by atoms with Gasteiger partial charge in [-0.3, -0.25) is 0 Å². The average molecular weight is 260 g/mol. The number of hydrogen-bond donors (Lipinski definition) is 0. The molecular formula is C5H5F6OZn. The van der Waals surface area contributed by atoms with Gasteiger partial charge in [-0.2, -0.15) is 0 Å². The molecule has 0 aliphatic rings. The van der Waals surface area contributed by atoms with Crippen molar-refractivity contribution in [1.82, 2.24) is 0 Å². The molecule has 0 heterocycles. The van der Waals surface area contributed by atoms with Crippen LogP contribution in [-0.4, -0.2) is 18.5 Å². The van der Waals surface area contributed by atoms with Gasteiger partial charge in [0.2, 0.25) is 0 Å². The van der Waals surface area contributed by atoms with Crippen LogP contribution in [0.1, 0.15) is 0 Å². The maximum absolute atomic E-state index is 11.7. The quantitative estimate of drug-likeness (QED) is 0.560. The summed E-state index contributed by atoms with van der Waals surface area (Å²) in [6.45, 7) is 3.15. The third-order valence-corrected chi connectivity index (χ3v) is 2.82. The van der Waals surface area contributed by atoms with Crippen molar-refractivity contribution in [3.63, 3.8) is 0 Å². The summed E-state index contributed by atoms with van der Waals surface area (Å²) in [5, 5.41) is 0.0374. The zero-order valence-corrected chi connectivity index (χ0v) is 9.34. The van der Waals surface area contributed by atoms with E-state index in [-0.39, 0.29) is 5.02 Å². The molecule has 0 fully saturated rings. The van der Waals surface area contributed by atoms with Crippen molar-refractivity contribution >= 4 is 0 Å². The van der Waals surface area contributed by atoms with E-state index in [1.165, 1.54) is 0 Å². The van der Waals surface area contributed by atoms with Crippen LogP contribution in [0.4, 0.5) is 26.3 Å². The standard InChI is InChI=1S/C3HF6O.C2H4.Zn/c4-2(5,6)1(10)3(7,8)9;1-2;/h1H;1-2H2;/q-1;;+1. The third kappa shape index (κ3) is 4.81. The van der Waals surface area contributed by atoms with Crippen LogP contribution in [0.15, 0.2) is 0 Å². The van der Waals surface area contributed by atoms with Gasteiger partial charge < -0.3 is 0 Å². The summed E-state index contributed by atoms with van der Waals surface area (Å²) in [6.07, 6.45) is -14.4. The molecular weight excluding hydrogens is 255 g/mol. The maximum atomic E-state index is 11.7. The van der Waals surface area contributed by atoms with E-state index >= 15 is 0 Å². The summed E-state index contributed by atoms with van der Waals surface area (Å²) < 4.78 is 74.0. The molecule has 0 aliphatic heterocycles. The van der Waals surface area contributed by atoms with Crippen LogP contribution in [0.5, 0.6) is 0 Å². The van der Waals surface area contributed by atoms with Crippen LogP contribution >= 0.6 is 0 Å². The molecule has 8 heteroatoms. The van der Waals surface area contributed by atoms with Gasteiger partial charge >= 0.3 is 77.8 Å². The number of hydrogen-bond acceptors (Lipinski definition) is 1. The molecule has 75 valence electrons. The number of rotatable bonds is 3. The second kappa shape index (κ2) is 4.59. The Balaban J connectivity index is 4.39. The Labute approximate surface area is 78.4 Å². The van der Waals surface area contributed by atoms with Crippen molar-refractivity contribution in [2.24, 2.45) is 0 Å². The van der Waals surface area contributed by atoms with Gasteiger partial charge in [-0.1, -0.05) is 0 Å². The van der Waals surface area contributed by atoms with E-state index < -0.39 is 35.9 Å². The fraction of sp³-hybridized carbons (Fsp3) is 0.800. The van der Waals surface area contributed by atoms with E-state index in [0.717, 1.165) is 0 Å². The Morgan fingerprint density at radius 2 is 1.46 bits per heavy atom. The number of halogens is 6. The Hall–Kier alpha value is 0.163. The van der Waals surface area contributed by atoms with Crippen molar-refractivity contribution in [2.45, 2.75) is 23.5 Å². The van der Waals surface area contributed by atoms with Crippen molar-refractivity contribution in [3.8, 4) is 0 Å². The van der Waals surface area contributed by atoms with E-state index in [9.17, 15) is 26.3 Å². The molecule has 0 rings (SSSR count). The molecule has 0 unspecified atom stereocenters. The summed E-state index contributed by atoms with van der Waals surface area (Å²) in [4.78, 5) is 0. The topological polar surface area (TPSA) is 9.23 Å². The van der Waals surface area contributed by atoms with Crippen LogP contribution in [0, 0.1) is 6.92 Å². The van der Waals surface area contributed by atoms with Gasteiger partial charge in [-0.15, -0.1) is 0 Å². The first-order valence-corrected chi connectivity index (χ1v) is 6.55. The average Bonchev–Trinajstić information content (AvgIpc) is 1.81. The molecule has 0 aromatic heterocycles. The molecule has 0 aliphatic carbocycles. The van der Waals surface area contributed by atoms with Crippen molar-refractivity contribution in [1.29, 1.82) is 0 Å².